The Hall–Kier alpha value is -2.88. The quantitative estimate of drug-likeness (QED) is 0.0537. The summed E-state index contributed by atoms with van der Waals surface area (Å²) in [5.74, 6) is -2.01. The summed E-state index contributed by atoms with van der Waals surface area (Å²) in [6.07, 6.45) is 16.1. The van der Waals surface area contributed by atoms with Gasteiger partial charge in [-0.25, -0.2) is 9.36 Å². The predicted octanol–water partition coefficient (Wildman–Crippen LogP) is 5.90. The van der Waals surface area contributed by atoms with Crippen LogP contribution in [0.1, 0.15) is 155 Å². The molecule has 0 saturated carbocycles. The summed E-state index contributed by atoms with van der Waals surface area (Å²) in [5.41, 5.74) is -0.918. The van der Waals surface area contributed by atoms with Gasteiger partial charge in [-0.15, -0.1) is 0 Å². The van der Waals surface area contributed by atoms with Crippen molar-refractivity contribution in [1.82, 2.24) is 9.55 Å². The molecular weight excluding hydrogens is 691 g/mol. The maximum absolute atomic E-state index is 11.7. The number of aromatic amines is 1. The lowest BCUT2D eigenvalue weighted by atomic mass is 10.1. The zero-order valence-corrected chi connectivity index (χ0v) is 31.7. The second kappa shape index (κ2) is 30.7. The van der Waals surface area contributed by atoms with E-state index < -0.39 is 62.0 Å². The third-order valence-electron chi connectivity index (χ3n) is 7.55. The number of nitrogens with zero attached hydrogens (tertiary/aromatic N) is 1. The lowest BCUT2D eigenvalue weighted by molar-refractivity contribution is -0.138. The van der Waals surface area contributed by atoms with Crippen LogP contribution < -0.4 is 11.2 Å². The molecule has 1 saturated heterocycles. The van der Waals surface area contributed by atoms with Gasteiger partial charge >= 0.3 is 31.4 Å². The van der Waals surface area contributed by atoms with Gasteiger partial charge in [-0.3, -0.25) is 33.3 Å². The number of rotatable bonds is 22. The first kappa shape index (κ1) is 50.2. The van der Waals surface area contributed by atoms with Crippen LogP contribution in [0.25, 0.3) is 0 Å². The molecule has 1 aliphatic heterocycles. The highest BCUT2D eigenvalue weighted by atomic mass is 31.2. The zero-order chi connectivity index (χ0) is 39.2. The van der Waals surface area contributed by atoms with Crippen molar-refractivity contribution in [2.75, 3.05) is 6.61 Å². The number of hydrogen-bond acceptors (Lipinski definition) is 9. The molecule has 0 unspecified atom stereocenters. The molecule has 7 N–H and O–H groups in total. The van der Waals surface area contributed by atoms with Gasteiger partial charge < -0.3 is 34.9 Å². The van der Waals surface area contributed by atoms with E-state index in [9.17, 15) is 33.6 Å². The number of phosphoric acid groups is 1. The Morgan fingerprint density at radius 3 is 1.53 bits per heavy atom. The molecule has 0 amide bonds. The van der Waals surface area contributed by atoms with Crippen molar-refractivity contribution in [3.8, 4) is 0 Å². The molecular formula is C34H63N2O14P. The summed E-state index contributed by atoms with van der Waals surface area (Å²) in [6.45, 7) is 7.44. The van der Waals surface area contributed by atoms with E-state index in [2.05, 4.69) is 30.3 Å². The normalized spacial score (nSPS) is 16.5. The first-order valence-corrected chi connectivity index (χ1v) is 19.5. The Labute approximate surface area is 300 Å². The molecule has 3 atom stereocenters. The number of aromatic nitrogens is 2. The molecule has 16 nitrogen and oxygen atoms in total. The molecule has 1 aromatic rings. The Morgan fingerprint density at radius 2 is 1.18 bits per heavy atom. The summed E-state index contributed by atoms with van der Waals surface area (Å²) in [6, 6.07) is 0. The van der Waals surface area contributed by atoms with Gasteiger partial charge in [0.25, 0.3) is 5.56 Å². The standard InChI is InChI=1S/C10H15N2O8P.3C8H16O2/c1-5-3-12(10(15)11-9(5)14)8-2-6(13)7(20-8)4-19-21(16,17)18;3*1-2-3-4-5-6-7-8(9)10/h3,6-8,13H,2,4H2,1H3,(H,11,14,15)(H2,16,17,18);3*2-7H2,1H3,(H,9,10)/t6-,7+,8+;;;/m0.../s1. The van der Waals surface area contributed by atoms with E-state index in [1.807, 2.05) is 0 Å². The highest BCUT2D eigenvalue weighted by Gasteiger charge is 2.37. The molecule has 0 aliphatic carbocycles. The van der Waals surface area contributed by atoms with Gasteiger partial charge in [0.1, 0.15) is 12.3 Å². The summed E-state index contributed by atoms with van der Waals surface area (Å²) in [5, 5.41) is 34.6. The van der Waals surface area contributed by atoms with Crippen LogP contribution in [-0.2, 0) is 28.2 Å². The summed E-state index contributed by atoms with van der Waals surface area (Å²) < 4.78 is 21.4. The van der Waals surface area contributed by atoms with E-state index in [-0.39, 0.29) is 6.42 Å². The van der Waals surface area contributed by atoms with E-state index in [1.165, 1.54) is 70.9 Å². The topological polar surface area (TPSA) is 263 Å². The number of aliphatic hydroxyl groups is 1. The van der Waals surface area contributed by atoms with Gasteiger partial charge in [-0.2, -0.15) is 0 Å². The molecule has 0 aromatic carbocycles. The number of nitrogens with one attached hydrogen (secondary N) is 1. The van der Waals surface area contributed by atoms with Crippen LogP contribution in [0.4, 0.5) is 0 Å². The van der Waals surface area contributed by atoms with Crippen LogP contribution in [0.2, 0.25) is 0 Å². The lowest BCUT2D eigenvalue weighted by Gasteiger charge is -2.16. The van der Waals surface area contributed by atoms with Crippen molar-refractivity contribution in [1.29, 1.82) is 0 Å². The highest BCUT2D eigenvalue weighted by molar-refractivity contribution is 7.46. The van der Waals surface area contributed by atoms with Gasteiger partial charge in [-0.1, -0.05) is 97.8 Å². The molecule has 2 heterocycles. The van der Waals surface area contributed by atoms with Crippen LogP contribution in [0.3, 0.4) is 0 Å². The first-order chi connectivity index (χ1) is 24.0. The number of ether oxygens (including phenoxy) is 1. The van der Waals surface area contributed by atoms with Crippen LogP contribution in [0.15, 0.2) is 15.8 Å². The predicted molar refractivity (Wildman–Crippen MR) is 192 cm³/mol. The number of carbonyl (C=O) groups is 3. The van der Waals surface area contributed by atoms with E-state index in [0.29, 0.717) is 24.8 Å². The number of phosphoric ester groups is 1. The van der Waals surface area contributed by atoms with Gasteiger partial charge in [0.05, 0.1) is 12.7 Å². The molecule has 2 rings (SSSR count). The van der Waals surface area contributed by atoms with Crippen LogP contribution in [0.5, 0.6) is 0 Å². The SMILES string of the molecule is CCCCCCCC(=O)O.CCCCCCCC(=O)O.CCCCCCCC(=O)O.Cc1cn([C@H]2C[C@H](O)[C@@H](COP(=O)(O)O)O2)c(=O)[nH]c1=O. The number of aliphatic carboxylic acids is 3. The third-order valence-corrected chi connectivity index (χ3v) is 8.04. The lowest BCUT2D eigenvalue weighted by Crippen LogP contribution is -2.33. The largest absolute Gasteiger partial charge is 0.481 e. The second-order valence-corrected chi connectivity index (χ2v) is 13.6. The van der Waals surface area contributed by atoms with E-state index in [1.54, 1.807) is 0 Å². The van der Waals surface area contributed by atoms with Crippen molar-refractivity contribution >= 4 is 25.7 Å². The Bertz CT molecular complexity index is 1190. The molecule has 51 heavy (non-hydrogen) atoms. The maximum Gasteiger partial charge on any atom is 0.469 e. The number of carboxylic acid groups (broad SMARTS) is 3. The molecule has 1 fully saturated rings. The monoisotopic (exact) mass is 754 g/mol. The molecule has 0 spiro atoms. The second-order valence-electron chi connectivity index (χ2n) is 12.4. The Balaban J connectivity index is 0. The van der Waals surface area contributed by atoms with E-state index >= 15 is 0 Å². The van der Waals surface area contributed by atoms with Crippen LogP contribution in [0, 0.1) is 6.92 Å². The Kier molecular flexibility index (Phi) is 30.3. The number of hydrogen-bond donors (Lipinski definition) is 7. The highest BCUT2D eigenvalue weighted by Crippen LogP contribution is 2.38. The minimum Gasteiger partial charge on any atom is -0.481 e. The summed E-state index contributed by atoms with van der Waals surface area (Å²) >= 11 is 0. The van der Waals surface area contributed by atoms with Gasteiger partial charge in [0.2, 0.25) is 0 Å². The van der Waals surface area contributed by atoms with Gasteiger partial charge in [0, 0.05) is 37.4 Å². The molecule has 1 aliphatic rings. The summed E-state index contributed by atoms with van der Waals surface area (Å²) in [4.78, 5) is 72.4. The molecule has 1 aromatic heterocycles. The average molecular weight is 755 g/mol. The minimum absolute atomic E-state index is 0.0283. The minimum atomic E-state index is -4.67. The summed E-state index contributed by atoms with van der Waals surface area (Å²) in [7, 11) is -4.67. The van der Waals surface area contributed by atoms with E-state index in [0.717, 1.165) is 43.1 Å². The molecule has 0 bridgehead atoms. The van der Waals surface area contributed by atoms with Crippen molar-refractivity contribution in [3.63, 3.8) is 0 Å². The molecule has 0 radical (unpaired) electrons. The smallest absolute Gasteiger partial charge is 0.469 e. The van der Waals surface area contributed by atoms with Crippen LogP contribution >= 0.6 is 7.82 Å². The fourth-order valence-corrected chi connectivity index (χ4v) is 4.99. The van der Waals surface area contributed by atoms with Crippen LogP contribution in [-0.4, -0.2) is 76.5 Å². The third kappa shape index (κ3) is 30.5. The van der Waals surface area contributed by atoms with Crippen molar-refractivity contribution < 1.29 is 58.4 Å². The number of unbranched alkanes of at least 4 members (excludes halogenated alkanes) is 12. The van der Waals surface area contributed by atoms with Gasteiger partial charge in [-0.05, 0) is 26.2 Å². The zero-order valence-electron chi connectivity index (χ0n) is 30.8. The first-order valence-electron chi connectivity index (χ1n) is 18.0. The van der Waals surface area contributed by atoms with Gasteiger partial charge in [0.15, 0.2) is 0 Å². The van der Waals surface area contributed by atoms with Crippen molar-refractivity contribution in [2.24, 2.45) is 0 Å². The molecule has 17 heteroatoms. The number of aliphatic hydroxyl groups excluding tert-OH is 1. The van der Waals surface area contributed by atoms with Crippen molar-refractivity contribution in [2.45, 2.75) is 168 Å². The van der Waals surface area contributed by atoms with E-state index in [4.69, 9.17) is 29.8 Å². The number of H-pyrrole nitrogens is 1. The van der Waals surface area contributed by atoms with Crippen molar-refractivity contribution in [3.05, 3.63) is 32.6 Å². The number of carboxylic acids is 3. The number of aryl methyl sites for hydroxylation is 1. The molecule has 298 valence electrons. The fraction of sp³-hybridized carbons (Fsp3) is 0.794. The maximum atomic E-state index is 11.7. The Morgan fingerprint density at radius 1 is 0.784 bits per heavy atom. The average Bonchev–Trinajstić information content (AvgIpc) is 3.41. The fourth-order valence-electron chi connectivity index (χ4n) is 4.65.